The Morgan fingerprint density at radius 3 is 2.27 bits per heavy atom. The van der Waals surface area contributed by atoms with Crippen molar-refractivity contribution in [1.29, 1.82) is 0 Å². The summed E-state index contributed by atoms with van der Waals surface area (Å²) in [6.45, 7) is 1.94. The average molecular weight is 404 g/mol. The molecule has 0 aliphatic heterocycles. The second kappa shape index (κ2) is 8.22. The summed E-state index contributed by atoms with van der Waals surface area (Å²) in [5.41, 5.74) is 3.53. The van der Waals surface area contributed by atoms with Crippen molar-refractivity contribution in [2.75, 3.05) is 16.0 Å². The van der Waals surface area contributed by atoms with Crippen LogP contribution in [-0.4, -0.2) is 20.6 Å². The van der Waals surface area contributed by atoms with Crippen molar-refractivity contribution in [2.24, 2.45) is 0 Å². The minimum atomic E-state index is -0.298. The first-order chi connectivity index (χ1) is 12.5. The number of rotatable bonds is 4. The summed E-state index contributed by atoms with van der Waals surface area (Å²) < 4.78 is 3.67. The van der Waals surface area contributed by atoms with Crippen LogP contribution in [-0.2, 0) is 0 Å². The summed E-state index contributed by atoms with van der Waals surface area (Å²) >= 11 is 12.5. The Balaban J connectivity index is 1.57. The van der Waals surface area contributed by atoms with Crippen molar-refractivity contribution < 1.29 is 4.79 Å². The van der Waals surface area contributed by atoms with Crippen LogP contribution >= 0.6 is 35.4 Å². The van der Waals surface area contributed by atoms with E-state index in [9.17, 15) is 4.79 Å². The minimum absolute atomic E-state index is 0.291. The Hall–Kier alpha value is -2.55. The summed E-state index contributed by atoms with van der Waals surface area (Å²) in [5.74, 6) is -0.298. The van der Waals surface area contributed by atoms with Crippen LogP contribution in [0.4, 0.5) is 17.1 Å². The zero-order chi connectivity index (χ0) is 18.5. The highest BCUT2D eigenvalue weighted by molar-refractivity contribution is 7.80. The van der Waals surface area contributed by atoms with E-state index in [0.717, 1.165) is 28.5 Å². The molecular formula is C17H14ClN5OS2. The standard InChI is InChI=1S/C17H14ClN5OS2/c1-10-2-3-13(8-14(10)18)21-17(25)20-12-6-4-11(5-7-12)19-16(24)15-9-26-23-22-15/h2-9H,1H3,(H,19,24)(H2,20,21,25). The molecule has 0 saturated heterocycles. The number of aromatic nitrogens is 2. The maximum atomic E-state index is 11.9. The summed E-state index contributed by atoms with van der Waals surface area (Å²) in [7, 11) is 0. The SMILES string of the molecule is Cc1ccc(NC(=S)Nc2ccc(NC(=O)c3csnn3)cc2)cc1Cl. The van der Waals surface area contributed by atoms with Gasteiger partial charge in [0.05, 0.1) is 0 Å². The molecular weight excluding hydrogens is 390 g/mol. The van der Waals surface area contributed by atoms with Crippen LogP contribution < -0.4 is 16.0 Å². The summed E-state index contributed by atoms with van der Waals surface area (Å²) in [6.07, 6.45) is 0. The van der Waals surface area contributed by atoms with Crippen LogP contribution in [0.1, 0.15) is 16.1 Å². The molecule has 1 aromatic heterocycles. The molecule has 0 aliphatic carbocycles. The van der Waals surface area contributed by atoms with Crippen molar-refractivity contribution in [1.82, 2.24) is 9.59 Å². The van der Waals surface area contributed by atoms with E-state index < -0.39 is 0 Å². The third-order valence-corrected chi connectivity index (χ3v) is 4.54. The lowest BCUT2D eigenvalue weighted by Gasteiger charge is -2.12. The Bertz CT molecular complexity index is 929. The van der Waals surface area contributed by atoms with E-state index in [1.165, 1.54) is 0 Å². The number of hydrogen-bond acceptors (Lipinski definition) is 5. The Labute approximate surface area is 164 Å². The second-order valence-electron chi connectivity index (χ2n) is 5.36. The number of anilines is 3. The molecule has 3 N–H and O–H groups in total. The molecule has 0 bridgehead atoms. The number of halogens is 1. The van der Waals surface area contributed by atoms with Crippen LogP contribution in [0.2, 0.25) is 5.02 Å². The fraction of sp³-hybridized carbons (Fsp3) is 0.0588. The van der Waals surface area contributed by atoms with Crippen molar-refractivity contribution in [3.8, 4) is 0 Å². The van der Waals surface area contributed by atoms with Gasteiger partial charge in [-0.2, -0.15) is 0 Å². The molecule has 0 unspecified atom stereocenters. The molecule has 0 fully saturated rings. The number of nitrogens with one attached hydrogen (secondary N) is 3. The van der Waals surface area contributed by atoms with Crippen LogP contribution in [0, 0.1) is 6.92 Å². The summed E-state index contributed by atoms with van der Waals surface area (Å²) in [4.78, 5) is 11.9. The molecule has 0 radical (unpaired) electrons. The molecule has 2 aromatic carbocycles. The highest BCUT2D eigenvalue weighted by Crippen LogP contribution is 2.20. The lowest BCUT2D eigenvalue weighted by molar-refractivity contribution is 0.102. The minimum Gasteiger partial charge on any atom is -0.332 e. The summed E-state index contributed by atoms with van der Waals surface area (Å²) in [6, 6.07) is 12.8. The van der Waals surface area contributed by atoms with E-state index in [0.29, 0.717) is 21.5 Å². The average Bonchev–Trinajstić information content (AvgIpc) is 3.15. The molecule has 0 atom stereocenters. The van der Waals surface area contributed by atoms with Gasteiger partial charge >= 0.3 is 0 Å². The normalized spacial score (nSPS) is 10.2. The molecule has 3 aromatic rings. The zero-order valence-corrected chi connectivity index (χ0v) is 16.0. The van der Waals surface area contributed by atoms with Gasteiger partial charge in [0.1, 0.15) is 0 Å². The fourth-order valence-corrected chi connectivity index (χ4v) is 2.91. The van der Waals surface area contributed by atoms with Gasteiger partial charge in [0.2, 0.25) is 0 Å². The predicted molar refractivity (Wildman–Crippen MR) is 110 cm³/mol. The van der Waals surface area contributed by atoms with Gasteiger partial charge in [0.15, 0.2) is 10.8 Å². The lowest BCUT2D eigenvalue weighted by atomic mass is 10.2. The van der Waals surface area contributed by atoms with Crippen molar-refractivity contribution in [2.45, 2.75) is 6.92 Å². The molecule has 3 rings (SSSR count). The largest absolute Gasteiger partial charge is 0.332 e. The monoisotopic (exact) mass is 403 g/mol. The molecule has 1 heterocycles. The number of nitrogens with zero attached hydrogens (tertiary/aromatic N) is 2. The molecule has 0 saturated carbocycles. The Morgan fingerprint density at radius 1 is 1.04 bits per heavy atom. The first-order valence-corrected chi connectivity index (χ1v) is 9.16. The Morgan fingerprint density at radius 2 is 1.65 bits per heavy atom. The van der Waals surface area contributed by atoms with E-state index in [1.807, 2.05) is 37.3 Å². The Kier molecular flexibility index (Phi) is 5.77. The number of benzene rings is 2. The van der Waals surface area contributed by atoms with Crippen molar-refractivity contribution in [3.05, 3.63) is 64.1 Å². The lowest BCUT2D eigenvalue weighted by Crippen LogP contribution is -2.19. The van der Waals surface area contributed by atoms with Crippen LogP contribution in [0.5, 0.6) is 0 Å². The van der Waals surface area contributed by atoms with E-state index in [-0.39, 0.29) is 5.91 Å². The van der Waals surface area contributed by atoms with Gasteiger partial charge in [0, 0.05) is 27.5 Å². The third-order valence-electron chi connectivity index (χ3n) is 3.42. The van der Waals surface area contributed by atoms with Crippen molar-refractivity contribution >= 4 is 63.4 Å². The molecule has 132 valence electrons. The zero-order valence-electron chi connectivity index (χ0n) is 13.6. The highest BCUT2D eigenvalue weighted by atomic mass is 35.5. The number of carbonyl (C=O) groups excluding carboxylic acids is 1. The van der Waals surface area contributed by atoms with Gasteiger partial charge in [-0.15, -0.1) is 5.10 Å². The van der Waals surface area contributed by atoms with Crippen molar-refractivity contribution in [3.63, 3.8) is 0 Å². The first kappa shape index (κ1) is 18.2. The van der Waals surface area contributed by atoms with Gasteiger partial charge in [-0.25, -0.2) is 0 Å². The number of amides is 1. The third kappa shape index (κ3) is 4.75. The highest BCUT2D eigenvalue weighted by Gasteiger charge is 2.09. The predicted octanol–water partition coefficient (Wildman–Crippen LogP) is 4.56. The molecule has 26 heavy (non-hydrogen) atoms. The quantitative estimate of drug-likeness (QED) is 0.554. The second-order valence-corrected chi connectivity index (χ2v) is 6.79. The number of thiocarbonyl (C=S) groups is 1. The summed E-state index contributed by atoms with van der Waals surface area (Å²) in [5, 5.41) is 15.3. The molecule has 0 spiro atoms. The van der Waals surface area contributed by atoms with Gasteiger partial charge in [-0.1, -0.05) is 22.2 Å². The first-order valence-electron chi connectivity index (χ1n) is 7.54. The molecule has 0 aliphatic rings. The van der Waals surface area contributed by atoms with Gasteiger partial charge in [-0.3, -0.25) is 4.79 Å². The molecule has 6 nitrogen and oxygen atoms in total. The number of aryl methyl sites for hydroxylation is 1. The van der Waals surface area contributed by atoms with E-state index in [1.54, 1.807) is 17.5 Å². The van der Waals surface area contributed by atoms with E-state index in [4.69, 9.17) is 23.8 Å². The number of carbonyl (C=O) groups is 1. The molecule has 1 amide bonds. The van der Waals surface area contributed by atoms with Gasteiger partial charge in [-0.05, 0) is 72.6 Å². The maximum absolute atomic E-state index is 11.9. The number of hydrogen-bond donors (Lipinski definition) is 3. The fourth-order valence-electron chi connectivity index (χ4n) is 2.06. The van der Waals surface area contributed by atoms with Crippen LogP contribution in [0.25, 0.3) is 0 Å². The van der Waals surface area contributed by atoms with E-state index in [2.05, 4.69) is 25.5 Å². The van der Waals surface area contributed by atoms with Crippen LogP contribution in [0.3, 0.4) is 0 Å². The van der Waals surface area contributed by atoms with Gasteiger partial charge in [0.25, 0.3) is 5.91 Å². The van der Waals surface area contributed by atoms with E-state index >= 15 is 0 Å². The van der Waals surface area contributed by atoms with Crippen LogP contribution in [0.15, 0.2) is 47.8 Å². The topological polar surface area (TPSA) is 78.9 Å². The maximum Gasteiger partial charge on any atom is 0.277 e. The molecule has 9 heteroatoms. The van der Waals surface area contributed by atoms with Gasteiger partial charge < -0.3 is 16.0 Å². The smallest absolute Gasteiger partial charge is 0.277 e.